The van der Waals surface area contributed by atoms with Gasteiger partial charge in [-0.25, -0.2) is 9.59 Å². The largest absolute Gasteiger partial charge is 0.412 e. The van der Waals surface area contributed by atoms with Gasteiger partial charge in [0.05, 0.1) is 0 Å². The van der Waals surface area contributed by atoms with E-state index in [1.165, 1.54) is 306 Å². The molecule has 2 rings (SSSR count). The van der Waals surface area contributed by atoms with Crippen molar-refractivity contribution in [3.8, 4) is 0 Å². The fraction of sp³-hybridized carbons (Fsp3) is 0.784. The lowest BCUT2D eigenvalue weighted by molar-refractivity contribution is -0.130. The highest BCUT2D eigenvalue weighted by Gasteiger charge is 2.30. The van der Waals surface area contributed by atoms with Crippen molar-refractivity contribution >= 4 is 32.6 Å². The van der Waals surface area contributed by atoms with Crippen LogP contribution >= 0.6 is 20.6 Å². The molecule has 4 nitrogen and oxygen atoms in total. The monoisotopic (exact) mass is 1150 g/mol. The van der Waals surface area contributed by atoms with E-state index >= 15 is 0 Å². The fourth-order valence-electron chi connectivity index (χ4n) is 11.8. The third-order valence-electron chi connectivity index (χ3n) is 16.9. The Kier molecular flexibility index (Phi) is 50.6. The molecule has 0 aliphatic carbocycles. The first-order valence-electron chi connectivity index (χ1n) is 35.1. The summed E-state index contributed by atoms with van der Waals surface area (Å²) in [6, 6.07) is 21.6. The number of hydrogen-bond donors (Lipinski definition) is 0. The number of benzene rings is 2. The number of carbonyl (C=O) groups is 2. The molecular weight excluding hydrogens is 1020 g/mol. The normalized spacial score (nSPS) is 12.4. The van der Waals surface area contributed by atoms with Crippen LogP contribution in [-0.4, -0.2) is 35.0 Å². The molecule has 0 aromatic heterocycles. The molecule has 0 radical (unpaired) electrons. The van der Waals surface area contributed by atoms with E-state index in [0.29, 0.717) is 0 Å². The second-order valence-corrected chi connectivity index (χ2v) is 31.1. The number of rotatable bonds is 60. The molecule has 0 saturated heterocycles. The molecule has 0 unspecified atom stereocenters. The van der Waals surface area contributed by atoms with Crippen molar-refractivity contribution in [2.45, 2.75) is 347 Å². The maximum Gasteiger partial charge on any atom is 0.341 e. The molecule has 6 heteroatoms. The van der Waals surface area contributed by atoms with Crippen molar-refractivity contribution in [1.29, 1.82) is 0 Å². The maximum absolute atomic E-state index is 14.4. The van der Waals surface area contributed by atoms with Gasteiger partial charge in [-0.3, -0.25) is 0 Å². The van der Waals surface area contributed by atoms with E-state index in [4.69, 9.17) is 8.37 Å². The minimum atomic E-state index is -1.81. The molecule has 0 bridgehead atoms. The molecule has 0 aliphatic heterocycles. The molecule has 2 aromatic rings. The van der Waals surface area contributed by atoms with Gasteiger partial charge < -0.3 is 8.37 Å². The van der Waals surface area contributed by atoms with Gasteiger partial charge in [-0.05, 0) is 36.8 Å². The van der Waals surface area contributed by atoms with Crippen LogP contribution in [0.15, 0.2) is 72.8 Å². The molecule has 0 heterocycles. The summed E-state index contributed by atoms with van der Waals surface area (Å²) >= 11 is 0. The molecular formula is C74H132O4S2. The Labute approximate surface area is 502 Å². The van der Waals surface area contributed by atoms with Crippen molar-refractivity contribution < 1.29 is 18.0 Å². The van der Waals surface area contributed by atoms with Crippen LogP contribution in [0.1, 0.15) is 347 Å². The summed E-state index contributed by atoms with van der Waals surface area (Å²) < 4.78 is 13.7. The summed E-state index contributed by atoms with van der Waals surface area (Å²) in [7, 11) is -3.61. The van der Waals surface area contributed by atoms with E-state index in [1.807, 2.05) is 0 Å². The van der Waals surface area contributed by atoms with Gasteiger partial charge in [-0.15, -0.1) is 0 Å². The topological polar surface area (TPSA) is 52.6 Å². The van der Waals surface area contributed by atoms with E-state index in [-0.39, 0.29) is 11.9 Å². The number of unbranched alkanes of at least 4 members (excludes halogenated alkanes) is 44. The highest BCUT2D eigenvalue weighted by atomic mass is 32.3. The molecule has 2 aromatic carbocycles. The molecule has 80 heavy (non-hydrogen) atoms. The summed E-state index contributed by atoms with van der Waals surface area (Å²) in [5, 5.41) is 0. The minimum absolute atomic E-state index is 0.365. The second-order valence-electron chi connectivity index (χ2n) is 24.7. The Bertz CT molecular complexity index is 1490. The second kappa shape index (κ2) is 54.7. The lowest BCUT2D eigenvalue weighted by atomic mass is 10.1. The van der Waals surface area contributed by atoms with Gasteiger partial charge in [-0.2, -0.15) is 0 Å². The van der Waals surface area contributed by atoms with Crippen LogP contribution in [0, 0.1) is 0 Å². The van der Waals surface area contributed by atoms with Crippen molar-refractivity contribution in [2.75, 3.05) is 23.0 Å². The van der Waals surface area contributed by atoms with Gasteiger partial charge in [0.15, 0.2) is 0 Å². The van der Waals surface area contributed by atoms with E-state index in [0.717, 1.165) is 60.2 Å². The summed E-state index contributed by atoms with van der Waals surface area (Å²) in [6.45, 7) is 9.19. The van der Waals surface area contributed by atoms with Gasteiger partial charge in [0.2, 0.25) is 0 Å². The van der Waals surface area contributed by atoms with Crippen LogP contribution in [0.25, 0.3) is 0 Å². The van der Waals surface area contributed by atoms with E-state index in [2.05, 4.69) is 88.4 Å². The van der Waals surface area contributed by atoms with Crippen molar-refractivity contribution in [2.24, 2.45) is 0 Å². The molecule has 0 atom stereocenters. The predicted octanol–water partition coefficient (Wildman–Crippen LogP) is 25.3. The van der Waals surface area contributed by atoms with E-state index in [9.17, 15) is 9.59 Å². The summed E-state index contributed by atoms with van der Waals surface area (Å²) in [5.74, 6) is 4.58. The summed E-state index contributed by atoms with van der Waals surface area (Å²) in [6.07, 6.45) is 65.8. The van der Waals surface area contributed by atoms with Gasteiger partial charge in [0, 0.05) is 46.7 Å². The number of hydrogen-bond acceptors (Lipinski definition) is 4. The predicted molar refractivity (Wildman–Crippen MR) is 361 cm³/mol. The van der Waals surface area contributed by atoms with Crippen LogP contribution in [-0.2, 0) is 29.5 Å². The Balaban J connectivity index is 2.23. The van der Waals surface area contributed by atoms with Crippen LogP contribution in [0.5, 0.6) is 0 Å². The zero-order valence-electron chi connectivity index (χ0n) is 53.6. The average Bonchev–Trinajstić information content (AvgIpc) is 3.47. The highest BCUT2D eigenvalue weighted by Crippen LogP contribution is 2.55. The van der Waals surface area contributed by atoms with Crippen LogP contribution in [0.3, 0.4) is 0 Å². The molecule has 0 amide bonds. The van der Waals surface area contributed by atoms with E-state index in [1.54, 1.807) is 0 Å². The molecule has 464 valence electrons. The standard InChI is InChI=1S/C74H132O4S2/c1-5-9-13-17-21-25-29-33-37-41-45-55-65-79(69-71-59-51-49-52-60-71,66-56-46-42-38-34-30-26-22-18-14-10-6-2)77-73(75)63-64-74(76)78-80(70-72-61-53-50-54-62-72,67-57-47-43-39-35-31-27-23-19-15-11-7-3)68-58-48-44-40-36-32-28-24-20-16-12-8-4/h49-54,59-64H,5-48,55-58,65-70H2,1-4H3/b64-63-. The quantitative estimate of drug-likeness (QED) is 0.0489. The van der Waals surface area contributed by atoms with Gasteiger partial charge in [0.25, 0.3) is 0 Å². The van der Waals surface area contributed by atoms with Crippen molar-refractivity contribution in [3.63, 3.8) is 0 Å². The molecule has 0 N–H and O–H groups in total. The molecule has 0 spiro atoms. The highest BCUT2D eigenvalue weighted by molar-refractivity contribution is 8.29. The van der Waals surface area contributed by atoms with Gasteiger partial charge >= 0.3 is 11.9 Å². The Morgan fingerprint density at radius 1 is 0.275 bits per heavy atom. The minimum Gasteiger partial charge on any atom is -0.412 e. The maximum atomic E-state index is 14.4. The fourth-order valence-corrected chi connectivity index (χ4v) is 18.6. The third kappa shape index (κ3) is 43.5. The zero-order chi connectivity index (χ0) is 57.4. The molecule has 0 saturated carbocycles. The first-order valence-corrected chi connectivity index (χ1v) is 39.3. The summed E-state index contributed by atoms with van der Waals surface area (Å²) in [4.78, 5) is 28.7. The Morgan fingerprint density at radius 2 is 0.450 bits per heavy atom. The Morgan fingerprint density at radius 3 is 0.637 bits per heavy atom. The van der Waals surface area contributed by atoms with Crippen LogP contribution < -0.4 is 0 Å². The lowest BCUT2D eigenvalue weighted by Crippen LogP contribution is -2.20. The van der Waals surface area contributed by atoms with E-state index < -0.39 is 20.6 Å². The first-order chi connectivity index (χ1) is 39.4. The Hall–Kier alpha value is -2.18. The molecule has 0 aliphatic rings. The average molecular weight is 1150 g/mol. The third-order valence-corrected chi connectivity index (χ3v) is 23.8. The van der Waals surface area contributed by atoms with Crippen molar-refractivity contribution in [3.05, 3.63) is 83.9 Å². The van der Waals surface area contributed by atoms with Crippen LogP contribution in [0.2, 0.25) is 0 Å². The lowest BCUT2D eigenvalue weighted by Gasteiger charge is -2.39. The van der Waals surface area contributed by atoms with Gasteiger partial charge in [-0.1, -0.05) is 391 Å². The molecule has 0 fully saturated rings. The first kappa shape index (κ1) is 73.9. The SMILES string of the molecule is CCCCCCCCCCCCCCS(CCCCCCCCCCCCCC)(Cc1ccccc1)OC(=O)/C=C\C(=O)OS(CCCCCCCCCCCCCC)(CCCCCCCCCCCCCC)Cc1ccccc1. The van der Waals surface area contributed by atoms with Crippen molar-refractivity contribution in [1.82, 2.24) is 0 Å². The number of carbonyl (C=O) groups excluding carboxylic acids is 2. The zero-order valence-corrected chi connectivity index (χ0v) is 55.2. The summed E-state index contributed by atoms with van der Waals surface area (Å²) in [5.41, 5.74) is 2.50. The van der Waals surface area contributed by atoms with Crippen LogP contribution in [0.4, 0.5) is 0 Å². The smallest absolute Gasteiger partial charge is 0.341 e. The van der Waals surface area contributed by atoms with Gasteiger partial charge in [0.1, 0.15) is 0 Å².